The van der Waals surface area contributed by atoms with E-state index in [1.54, 1.807) is 0 Å². The van der Waals surface area contributed by atoms with Gasteiger partial charge in [-0.15, -0.1) is 0 Å². The van der Waals surface area contributed by atoms with Gasteiger partial charge in [0.25, 0.3) is 0 Å². The van der Waals surface area contributed by atoms with Crippen LogP contribution in [0.3, 0.4) is 0 Å². The highest BCUT2D eigenvalue weighted by Gasteiger charge is 2.33. The molecule has 1 unspecified atom stereocenters. The molecule has 0 saturated carbocycles. The summed E-state index contributed by atoms with van der Waals surface area (Å²) in [6.07, 6.45) is 2.60. The lowest BCUT2D eigenvalue weighted by atomic mass is 9.92. The highest BCUT2D eigenvalue weighted by Crippen LogP contribution is 2.19. The average molecular weight is 241 g/mol. The van der Waals surface area contributed by atoms with E-state index in [-0.39, 0.29) is 5.91 Å². The van der Waals surface area contributed by atoms with Crippen molar-refractivity contribution >= 4 is 5.91 Å². The number of carbonyl (C=O) groups excluding carboxylic acids is 1. The highest BCUT2D eigenvalue weighted by molar-refractivity contribution is 5.85. The zero-order valence-corrected chi connectivity index (χ0v) is 11.7. The molecule has 0 aliphatic carbocycles. The first-order valence-electron chi connectivity index (χ1n) is 6.66. The van der Waals surface area contributed by atoms with Crippen LogP contribution in [-0.2, 0) is 4.79 Å². The monoisotopic (exact) mass is 241 g/mol. The van der Waals surface area contributed by atoms with Crippen LogP contribution in [0, 0.1) is 5.92 Å². The third-order valence-corrected chi connectivity index (χ3v) is 4.06. The Hall–Kier alpha value is -0.610. The lowest BCUT2D eigenvalue weighted by Gasteiger charge is -2.32. The molecule has 2 N–H and O–H groups in total. The largest absolute Gasteiger partial charge is 0.344 e. The summed E-state index contributed by atoms with van der Waals surface area (Å²) < 4.78 is 0. The van der Waals surface area contributed by atoms with Gasteiger partial charge in [0.2, 0.25) is 5.91 Å². The van der Waals surface area contributed by atoms with Gasteiger partial charge in [0, 0.05) is 20.1 Å². The van der Waals surface area contributed by atoms with Crippen molar-refractivity contribution in [3.8, 4) is 0 Å². The second-order valence-corrected chi connectivity index (χ2v) is 5.47. The zero-order valence-electron chi connectivity index (χ0n) is 11.7. The summed E-state index contributed by atoms with van der Waals surface area (Å²) in [5, 5.41) is 0. The van der Waals surface area contributed by atoms with Crippen LogP contribution in [0.25, 0.3) is 0 Å². The Balaban J connectivity index is 2.52. The van der Waals surface area contributed by atoms with E-state index >= 15 is 0 Å². The molecule has 1 aliphatic rings. The van der Waals surface area contributed by atoms with Gasteiger partial charge < -0.3 is 15.5 Å². The van der Waals surface area contributed by atoms with E-state index in [1.165, 1.54) is 6.42 Å². The van der Waals surface area contributed by atoms with Crippen LogP contribution in [0.2, 0.25) is 0 Å². The number of nitrogens with zero attached hydrogens (tertiary/aromatic N) is 2. The third-order valence-electron chi connectivity index (χ3n) is 4.06. The molecule has 0 aromatic carbocycles. The fraction of sp³-hybridized carbons (Fsp3) is 0.923. The van der Waals surface area contributed by atoms with Crippen LogP contribution >= 0.6 is 0 Å². The molecule has 0 spiro atoms. The van der Waals surface area contributed by atoms with E-state index in [2.05, 4.69) is 11.9 Å². The van der Waals surface area contributed by atoms with Crippen LogP contribution in [0.1, 0.15) is 33.1 Å². The van der Waals surface area contributed by atoms with Gasteiger partial charge in [-0.3, -0.25) is 4.79 Å². The van der Waals surface area contributed by atoms with Gasteiger partial charge in [0.1, 0.15) is 0 Å². The van der Waals surface area contributed by atoms with Gasteiger partial charge in [0.15, 0.2) is 0 Å². The number of carbonyl (C=O) groups is 1. The van der Waals surface area contributed by atoms with Crippen molar-refractivity contribution in [3.05, 3.63) is 0 Å². The summed E-state index contributed by atoms with van der Waals surface area (Å²) in [4.78, 5) is 16.4. The van der Waals surface area contributed by atoms with E-state index in [1.807, 2.05) is 25.8 Å². The maximum atomic E-state index is 12.3. The summed E-state index contributed by atoms with van der Waals surface area (Å²) in [7, 11) is 4.01. The van der Waals surface area contributed by atoms with E-state index in [9.17, 15) is 4.79 Å². The second kappa shape index (κ2) is 5.83. The first kappa shape index (κ1) is 14.5. The number of rotatable bonds is 5. The lowest BCUT2D eigenvalue weighted by Crippen LogP contribution is -2.54. The number of hydrogen-bond acceptors (Lipinski definition) is 3. The standard InChI is InChI=1S/C13H27N3O/c1-5-13(14,6-2)12(17)16(4)10-11-7-8-15(3)9-11/h11H,5-10,14H2,1-4H3. The van der Waals surface area contributed by atoms with Gasteiger partial charge in [-0.2, -0.15) is 0 Å². The SMILES string of the molecule is CCC(N)(CC)C(=O)N(C)CC1CCN(C)C1. The first-order valence-corrected chi connectivity index (χ1v) is 6.66. The predicted octanol–water partition coefficient (Wildman–Crippen LogP) is 0.914. The molecule has 0 aromatic rings. The minimum Gasteiger partial charge on any atom is -0.344 e. The molecule has 1 saturated heterocycles. The summed E-state index contributed by atoms with van der Waals surface area (Å²) >= 11 is 0. The molecule has 4 nitrogen and oxygen atoms in total. The van der Waals surface area contributed by atoms with Crippen molar-refractivity contribution in [2.45, 2.75) is 38.6 Å². The quantitative estimate of drug-likeness (QED) is 0.778. The molecular formula is C13H27N3O. The topological polar surface area (TPSA) is 49.6 Å². The molecule has 0 aromatic heterocycles. The van der Waals surface area contributed by atoms with Gasteiger partial charge in [-0.1, -0.05) is 13.8 Å². The lowest BCUT2D eigenvalue weighted by molar-refractivity contribution is -0.136. The molecule has 100 valence electrons. The fourth-order valence-corrected chi connectivity index (χ4v) is 2.58. The Morgan fingerprint density at radius 3 is 2.47 bits per heavy atom. The number of likely N-dealkylation sites (N-methyl/N-ethyl adjacent to an activating group) is 1. The van der Waals surface area contributed by atoms with E-state index < -0.39 is 5.54 Å². The fourth-order valence-electron chi connectivity index (χ4n) is 2.58. The number of likely N-dealkylation sites (tertiary alicyclic amines) is 1. The normalized spacial score (nSPS) is 21.8. The molecule has 1 fully saturated rings. The maximum absolute atomic E-state index is 12.3. The highest BCUT2D eigenvalue weighted by atomic mass is 16.2. The second-order valence-electron chi connectivity index (χ2n) is 5.47. The van der Waals surface area contributed by atoms with E-state index in [0.29, 0.717) is 18.8 Å². The van der Waals surface area contributed by atoms with E-state index in [4.69, 9.17) is 5.73 Å². The third kappa shape index (κ3) is 3.42. The molecule has 0 bridgehead atoms. The summed E-state index contributed by atoms with van der Waals surface area (Å²) in [5.74, 6) is 0.698. The molecule has 1 aliphatic heterocycles. The Morgan fingerprint density at radius 2 is 2.06 bits per heavy atom. The van der Waals surface area contributed by atoms with Gasteiger partial charge >= 0.3 is 0 Å². The van der Waals surface area contributed by atoms with Gasteiger partial charge in [-0.25, -0.2) is 0 Å². The predicted molar refractivity (Wildman–Crippen MR) is 70.7 cm³/mol. The van der Waals surface area contributed by atoms with Gasteiger partial charge in [0.05, 0.1) is 5.54 Å². The summed E-state index contributed by atoms with van der Waals surface area (Å²) in [6, 6.07) is 0. The molecule has 1 rings (SSSR count). The molecule has 1 amide bonds. The number of nitrogens with two attached hydrogens (primary N) is 1. The van der Waals surface area contributed by atoms with Crippen LogP contribution in [0.4, 0.5) is 0 Å². The molecule has 1 atom stereocenters. The summed E-state index contributed by atoms with van der Waals surface area (Å²) in [5.41, 5.74) is 5.47. The maximum Gasteiger partial charge on any atom is 0.242 e. The zero-order chi connectivity index (χ0) is 13.1. The van der Waals surface area contributed by atoms with Crippen LogP contribution in [-0.4, -0.2) is 55.0 Å². The van der Waals surface area contributed by atoms with Crippen molar-refractivity contribution in [2.75, 3.05) is 33.7 Å². The molecule has 0 radical (unpaired) electrons. The van der Waals surface area contributed by atoms with Crippen LogP contribution in [0.15, 0.2) is 0 Å². The van der Waals surface area contributed by atoms with Crippen LogP contribution < -0.4 is 5.73 Å². The Morgan fingerprint density at radius 1 is 1.47 bits per heavy atom. The van der Waals surface area contributed by atoms with Crippen molar-refractivity contribution in [1.29, 1.82) is 0 Å². The van der Waals surface area contributed by atoms with Crippen molar-refractivity contribution < 1.29 is 4.79 Å². The minimum atomic E-state index is -0.667. The Bertz CT molecular complexity index is 263. The van der Waals surface area contributed by atoms with E-state index in [0.717, 1.165) is 19.6 Å². The molecular weight excluding hydrogens is 214 g/mol. The molecule has 4 heteroatoms. The number of hydrogen-bond donors (Lipinski definition) is 1. The van der Waals surface area contributed by atoms with Crippen molar-refractivity contribution in [3.63, 3.8) is 0 Å². The van der Waals surface area contributed by atoms with Crippen molar-refractivity contribution in [2.24, 2.45) is 11.7 Å². The Kier molecular flexibility index (Phi) is 4.95. The van der Waals surface area contributed by atoms with Gasteiger partial charge in [-0.05, 0) is 38.8 Å². The van der Waals surface area contributed by atoms with Crippen molar-refractivity contribution in [1.82, 2.24) is 9.80 Å². The summed E-state index contributed by atoms with van der Waals surface area (Å²) in [6.45, 7) is 7.04. The van der Waals surface area contributed by atoms with Crippen LogP contribution in [0.5, 0.6) is 0 Å². The minimum absolute atomic E-state index is 0.0945. The first-order chi connectivity index (χ1) is 7.92. The Labute approximate surface area is 105 Å². The molecule has 17 heavy (non-hydrogen) atoms. The average Bonchev–Trinajstić information content (AvgIpc) is 2.72. The number of amides is 1. The molecule has 1 heterocycles. The smallest absolute Gasteiger partial charge is 0.242 e.